The fraction of sp³-hybridized carbons (Fsp3) is 0.438. The van der Waals surface area contributed by atoms with Crippen LogP contribution in [0.3, 0.4) is 0 Å². The van der Waals surface area contributed by atoms with Gasteiger partial charge in [0.2, 0.25) is 11.9 Å². The van der Waals surface area contributed by atoms with Crippen molar-refractivity contribution in [3.8, 4) is 11.3 Å². The summed E-state index contributed by atoms with van der Waals surface area (Å²) in [5.74, 6) is 0.837. The van der Waals surface area contributed by atoms with Gasteiger partial charge in [-0.1, -0.05) is 6.92 Å². The summed E-state index contributed by atoms with van der Waals surface area (Å²) in [5, 5.41) is 0. The van der Waals surface area contributed by atoms with Crippen molar-refractivity contribution < 1.29 is 4.74 Å². The molecule has 0 spiro atoms. The van der Waals surface area contributed by atoms with Crippen LogP contribution in [0.5, 0.6) is 0 Å². The molecule has 0 bridgehead atoms. The number of nitrogens with two attached hydrogens (primary N) is 2. The SMILES string of the molecule is CCC(N)n1cnc2c(-c3cnc(N)nc3)nc(N3CCOCC3)nc21. The van der Waals surface area contributed by atoms with E-state index in [0.717, 1.165) is 25.1 Å². The molecule has 4 N–H and O–H groups in total. The lowest BCUT2D eigenvalue weighted by Gasteiger charge is -2.27. The van der Waals surface area contributed by atoms with E-state index in [1.807, 2.05) is 11.5 Å². The number of fused-ring (bicyclic) bond motifs is 1. The molecule has 4 heterocycles. The van der Waals surface area contributed by atoms with Crippen molar-refractivity contribution in [3.63, 3.8) is 0 Å². The monoisotopic (exact) mass is 355 g/mol. The molecule has 1 fully saturated rings. The van der Waals surface area contributed by atoms with E-state index in [4.69, 9.17) is 26.2 Å². The van der Waals surface area contributed by atoms with Gasteiger partial charge in [-0.2, -0.15) is 4.98 Å². The summed E-state index contributed by atoms with van der Waals surface area (Å²) in [5.41, 5.74) is 14.6. The Balaban J connectivity index is 1.90. The van der Waals surface area contributed by atoms with Crippen molar-refractivity contribution in [2.24, 2.45) is 5.73 Å². The van der Waals surface area contributed by atoms with E-state index in [-0.39, 0.29) is 12.1 Å². The highest BCUT2D eigenvalue weighted by molar-refractivity contribution is 5.88. The largest absolute Gasteiger partial charge is 0.378 e. The normalized spacial score (nSPS) is 16.2. The van der Waals surface area contributed by atoms with Crippen molar-refractivity contribution in [2.75, 3.05) is 36.9 Å². The lowest BCUT2D eigenvalue weighted by Crippen LogP contribution is -2.37. The molecule has 1 saturated heterocycles. The van der Waals surface area contributed by atoms with Gasteiger partial charge in [-0.25, -0.2) is 19.9 Å². The maximum atomic E-state index is 6.23. The van der Waals surface area contributed by atoms with Gasteiger partial charge in [0.25, 0.3) is 0 Å². The van der Waals surface area contributed by atoms with E-state index in [2.05, 4.69) is 19.9 Å². The van der Waals surface area contributed by atoms with E-state index in [0.29, 0.717) is 36.0 Å². The number of anilines is 2. The van der Waals surface area contributed by atoms with Gasteiger partial charge in [-0.15, -0.1) is 0 Å². The molecule has 0 amide bonds. The Labute approximate surface area is 150 Å². The number of aromatic nitrogens is 6. The molecule has 26 heavy (non-hydrogen) atoms. The molecule has 0 saturated carbocycles. The average Bonchev–Trinajstić information content (AvgIpc) is 3.12. The summed E-state index contributed by atoms with van der Waals surface area (Å²) in [6.45, 7) is 4.79. The number of hydrogen-bond acceptors (Lipinski definition) is 9. The fourth-order valence-electron chi connectivity index (χ4n) is 2.91. The van der Waals surface area contributed by atoms with Crippen molar-refractivity contribution in [1.29, 1.82) is 0 Å². The van der Waals surface area contributed by atoms with E-state index >= 15 is 0 Å². The van der Waals surface area contributed by atoms with Gasteiger partial charge >= 0.3 is 0 Å². The molecule has 3 aromatic rings. The van der Waals surface area contributed by atoms with Gasteiger partial charge in [-0.3, -0.25) is 4.57 Å². The minimum absolute atomic E-state index is 0.206. The lowest BCUT2D eigenvalue weighted by atomic mass is 10.2. The summed E-state index contributed by atoms with van der Waals surface area (Å²) in [6, 6.07) is 0. The minimum Gasteiger partial charge on any atom is -0.378 e. The zero-order valence-electron chi connectivity index (χ0n) is 14.5. The van der Waals surface area contributed by atoms with Crippen LogP contribution in [0, 0.1) is 0 Å². The summed E-state index contributed by atoms with van der Waals surface area (Å²) >= 11 is 0. The van der Waals surface area contributed by atoms with Crippen LogP contribution in [-0.4, -0.2) is 55.8 Å². The number of morpholine rings is 1. The number of imidazole rings is 1. The Morgan fingerprint density at radius 3 is 2.58 bits per heavy atom. The van der Waals surface area contributed by atoms with Gasteiger partial charge in [0.15, 0.2) is 5.65 Å². The van der Waals surface area contributed by atoms with Crippen LogP contribution >= 0.6 is 0 Å². The van der Waals surface area contributed by atoms with Crippen LogP contribution in [0.4, 0.5) is 11.9 Å². The number of nitrogen functional groups attached to an aromatic ring is 1. The molecule has 0 aliphatic carbocycles. The summed E-state index contributed by atoms with van der Waals surface area (Å²) < 4.78 is 7.31. The lowest BCUT2D eigenvalue weighted by molar-refractivity contribution is 0.122. The van der Waals surface area contributed by atoms with E-state index < -0.39 is 0 Å². The van der Waals surface area contributed by atoms with Crippen LogP contribution in [0.1, 0.15) is 19.5 Å². The van der Waals surface area contributed by atoms with Crippen LogP contribution in [-0.2, 0) is 4.74 Å². The molecular weight excluding hydrogens is 334 g/mol. The zero-order chi connectivity index (χ0) is 18.1. The van der Waals surface area contributed by atoms with Crippen LogP contribution in [0.2, 0.25) is 0 Å². The first-order valence-electron chi connectivity index (χ1n) is 8.58. The van der Waals surface area contributed by atoms with Crippen molar-refractivity contribution in [2.45, 2.75) is 19.5 Å². The predicted molar refractivity (Wildman–Crippen MR) is 97.3 cm³/mol. The Morgan fingerprint density at radius 1 is 1.15 bits per heavy atom. The number of ether oxygens (including phenoxy) is 1. The second kappa shape index (κ2) is 6.81. The Hall–Kier alpha value is -2.85. The Bertz CT molecular complexity index is 902. The minimum atomic E-state index is -0.206. The van der Waals surface area contributed by atoms with Crippen LogP contribution in [0.15, 0.2) is 18.7 Å². The third-order valence-electron chi connectivity index (χ3n) is 4.42. The third kappa shape index (κ3) is 2.93. The molecule has 1 unspecified atom stereocenters. The number of hydrogen-bond donors (Lipinski definition) is 2. The highest BCUT2D eigenvalue weighted by Crippen LogP contribution is 2.28. The molecular formula is C16H21N9O. The molecule has 1 aliphatic heterocycles. The predicted octanol–water partition coefficient (Wildman–Crippen LogP) is 0.569. The second-order valence-electron chi connectivity index (χ2n) is 6.10. The Morgan fingerprint density at radius 2 is 1.88 bits per heavy atom. The van der Waals surface area contributed by atoms with E-state index in [9.17, 15) is 0 Å². The third-order valence-corrected chi connectivity index (χ3v) is 4.42. The molecule has 10 heteroatoms. The van der Waals surface area contributed by atoms with Crippen molar-refractivity contribution in [1.82, 2.24) is 29.5 Å². The van der Waals surface area contributed by atoms with Gasteiger partial charge in [-0.05, 0) is 6.42 Å². The summed E-state index contributed by atoms with van der Waals surface area (Å²) in [4.78, 5) is 24.2. The zero-order valence-corrected chi connectivity index (χ0v) is 14.5. The quantitative estimate of drug-likeness (QED) is 0.688. The molecule has 1 atom stereocenters. The van der Waals surface area contributed by atoms with Crippen molar-refractivity contribution >= 4 is 23.1 Å². The molecule has 0 aromatic carbocycles. The first-order chi connectivity index (χ1) is 12.7. The standard InChI is InChI=1S/C16H21N9O/c1-2-11(17)25-9-21-13-12(10-7-19-15(18)20-8-10)22-16(23-14(13)25)24-3-5-26-6-4-24/h7-9,11H,2-6,17H2,1H3,(H2,18,19,20). The van der Waals surface area contributed by atoms with Crippen molar-refractivity contribution in [3.05, 3.63) is 18.7 Å². The summed E-state index contributed by atoms with van der Waals surface area (Å²) in [7, 11) is 0. The summed E-state index contributed by atoms with van der Waals surface area (Å²) in [6.07, 6.45) is 5.56. The second-order valence-corrected chi connectivity index (χ2v) is 6.10. The smallest absolute Gasteiger partial charge is 0.228 e. The van der Waals surface area contributed by atoms with E-state index in [1.165, 1.54) is 0 Å². The maximum Gasteiger partial charge on any atom is 0.228 e. The van der Waals surface area contributed by atoms with E-state index in [1.54, 1.807) is 18.7 Å². The maximum absolute atomic E-state index is 6.23. The van der Waals surface area contributed by atoms with Gasteiger partial charge < -0.3 is 21.1 Å². The van der Waals surface area contributed by atoms with Gasteiger partial charge in [0.1, 0.15) is 11.2 Å². The van der Waals surface area contributed by atoms with Crippen LogP contribution in [0.25, 0.3) is 22.4 Å². The highest BCUT2D eigenvalue weighted by atomic mass is 16.5. The van der Waals surface area contributed by atoms with Gasteiger partial charge in [0, 0.05) is 31.0 Å². The number of nitrogens with zero attached hydrogens (tertiary/aromatic N) is 7. The fourth-order valence-corrected chi connectivity index (χ4v) is 2.91. The molecule has 136 valence electrons. The first kappa shape index (κ1) is 16.6. The average molecular weight is 355 g/mol. The molecule has 4 rings (SSSR count). The first-order valence-corrected chi connectivity index (χ1v) is 8.58. The topological polar surface area (TPSA) is 134 Å². The molecule has 0 radical (unpaired) electrons. The number of rotatable bonds is 4. The molecule has 3 aromatic heterocycles. The molecule has 10 nitrogen and oxygen atoms in total. The van der Waals surface area contributed by atoms with Gasteiger partial charge in [0.05, 0.1) is 25.7 Å². The highest BCUT2D eigenvalue weighted by Gasteiger charge is 2.21. The molecule has 1 aliphatic rings. The Kier molecular flexibility index (Phi) is 4.35. The van der Waals surface area contributed by atoms with Crippen LogP contribution < -0.4 is 16.4 Å².